The minimum absolute atomic E-state index is 0.00147. The number of hydrogen-bond acceptors (Lipinski definition) is 6. The van der Waals surface area contributed by atoms with Crippen molar-refractivity contribution in [3.63, 3.8) is 0 Å². The van der Waals surface area contributed by atoms with Crippen LogP contribution in [0.5, 0.6) is 11.5 Å². The fourth-order valence-electron chi connectivity index (χ4n) is 4.60. The van der Waals surface area contributed by atoms with Crippen molar-refractivity contribution in [1.29, 1.82) is 0 Å². The molecule has 1 aliphatic carbocycles. The lowest BCUT2D eigenvalue weighted by atomic mass is 9.91. The van der Waals surface area contributed by atoms with E-state index >= 15 is 0 Å². The molecule has 8 heteroatoms. The van der Waals surface area contributed by atoms with Gasteiger partial charge in [0.15, 0.2) is 0 Å². The summed E-state index contributed by atoms with van der Waals surface area (Å²) < 4.78 is 10.8. The van der Waals surface area contributed by atoms with Crippen molar-refractivity contribution >= 4 is 23.8 Å². The van der Waals surface area contributed by atoms with Crippen LogP contribution in [0.4, 0.5) is 4.79 Å². The molecule has 3 rings (SSSR count). The van der Waals surface area contributed by atoms with E-state index in [9.17, 15) is 14.7 Å². The second-order valence-corrected chi connectivity index (χ2v) is 11.7. The predicted octanol–water partition coefficient (Wildman–Crippen LogP) is 5.81. The summed E-state index contributed by atoms with van der Waals surface area (Å²) in [5, 5.41) is 16.1. The molecule has 2 amide bonds. The molecule has 1 fully saturated rings. The largest absolute Gasteiger partial charge is 0.507 e. The van der Waals surface area contributed by atoms with E-state index in [1.165, 1.54) is 38.2 Å². The third kappa shape index (κ3) is 9.78. The maximum atomic E-state index is 12.9. The Bertz CT molecular complexity index is 1010. The van der Waals surface area contributed by atoms with Crippen LogP contribution in [-0.2, 0) is 11.2 Å². The molecule has 0 bridgehead atoms. The van der Waals surface area contributed by atoms with E-state index in [-0.39, 0.29) is 41.0 Å². The number of amides is 2. The fourth-order valence-corrected chi connectivity index (χ4v) is 6.16. The highest BCUT2D eigenvalue weighted by atomic mass is 32.2. The first-order valence-electron chi connectivity index (χ1n) is 13.6. The number of phenols is 1. The van der Waals surface area contributed by atoms with Crippen LogP contribution in [0.2, 0.25) is 0 Å². The molecular formula is C30H42N2O5S. The van der Waals surface area contributed by atoms with Crippen LogP contribution in [-0.4, -0.2) is 54.4 Å². The second kappa shape index (κ2) is 15.5. The van der Waals surface area contributed by atoms with Crippen LogP contribution in [0.1, 0.15) is 61.9 Å². The number of thioether (sulfide) groups is 1. The van der Waals surface area contributed by atoms with Gasteiger partial charge in [-0.15, -0.1) is 0 Å². The standard InChI is InChI=1S/C30H42N2O5S/c1-21(2)19-37-30(35)32-26(18-31-29(34)25-11-7-8-12-27(25)33)28(38-20-23-9-5-4-6-10-23)17-22-13-15-24(36-3)16-14-22/h7-8,11-16,21,23,26,28,33H,4-6,9-10,17-20H2,1-3H3,(H,31,34)(H,32,35). The van der Waals surface area contributed by atoms with Gasteiger partial charge in [-0.25, -0.2) is 4.79 Å². The summed E-state index contributed by atoms with van der Waals surface area (Å²) in [6, 6.07) is 14.0. The van der Waals surface area contributed by atoms with Crippen LogP contribution >= 0.6 is 11.8 Å². The summed E-state index contributed by atoms with van der Waals surface area (Å²) >= 11 is 1.86. The maximum Gasteiger partial charge on any atom is 0.407 e. The number of carbonyl (C=O) groups excluding carboxylic acids is 2. The second-order valence-electron chi connectivity index (χ2n) is 10.4. The van der Waals surface area contributed by atoms with Crippen LogP contribution in [0.15, 0.2) is 48.5 Å². The van der Waals surface area contributed by atoms with Crippen molar-refractivity contribution in [1.82, 2.24) is 10.6 Å². The summed E-state index contributed by atoms with van der Waals surface area (Å²) in [4.78, 5) is 25.7. The van der Waals surface area contributed by atoms with Crippen LogP contribution in [0.3, 0.4) is 0 Å². The Balaban J connectivity index is 1.78. The van der Waals surface area contributed by atoms with Gasteiger partial charge in [-0.2, -0.15) is 11.8 Å². The molecule has 0 aliphatic heterocycles. The molecule has 0 heterocycles. The molecule has 0 spiro atoms. The Morgan fingerprint density at radius 3 is 2.42 bits per heavy atom. The van der Waals surface area contributed by atoms with Crippen molar-refractivity contribution in [3.8, 4) is 11.5 Å². The van der Waals surface area contributed by atoms with Crippen molar-refractivity contribution in [2.24, 2.45) is 11.8 Å². The lowest BCUT2D eigenvalue weighted by Crippen LogP contribution is -2.50. The average molecular weight is 543 g/mol. The molecule has 0 aromatic heterocycles. The van der Waals surface area contributed by atoms with E-state index in [2.05, 4.69) is 10.6 Å². The van der Waals surface area contributed by atoms with E-state index in [0.717, 1.165) is 17.1 Å². The third-order valence-electron chi connectivity index (χ3n) is 6.80. The van der Waals surface area contributed by atoms with Gasteiger partial charge < -0.3 is 25.2 Å². The SMILES string of the molecule is COc1ccc(CC(SCC2CCCCC2)C(CNC(=O)c2ccccc2O)NC(=O)OCC(C)C)cc1. The first-order valence-corrected chi connectivity index (χ1v) is 14.6. The van der Waals surface area contributed by atoms with Crippen molar-refractivity contribution in [3.05, 3.63) is 59.7 Å². The molecule has 2 aromatic rings. The molecule has 1 saturated carbocycles. The smallest absolute Gasteiger partial charge is 0.407 e. The van der Waals surface area contributed by atoms with Crippen molar-refractivity contribution in [2.45, 2.75) is 63.7 Å². The highest BCUT2D eigenvalue weighted by Gasteiger charge is 2.28. The zero-order chi connectivity index (χ0) is 27.3. The highest BCUT2D eigenvalue weighted by molar-refractivity contribution is 7.99. The third-order valence-corrected chi connectivity index (χ3v) is 8.38. The summed E-state index contributed by atoms with van der Waals surface area (Å²) in [6.07, 6.45) is 6.55. The number of rotatable bonds is 13. The Morgan fingerprint density at radius 2 is 1.76 bits per heavy atom. The molecule has 208 valence electrons. The minimum atomic E-state index is -0.487. The molecule has 0 radical (unpaired) electrons. The van der Waals surface area contributed by atoms with Crippen molar-refractivity contribution < 1.29 is 24.2 Å². The molecule has 2 unspecified atom stereocenters. The van der Waals surface area contributed by atoms with Crippen LogP contribution in [0.25, 0.3) is 0 Å². The van der Waals surface area contributed by atoms with Gasteiger partial charge in [0.05, 0.1) is 25.3 Å². The number of benzene rings is 2. The van der Waals surface area contributed by atoms with Gasteiger partial charge in [-0.3, -0.25) is 4.79 Å². The molecular weight excluding hydrogens is 500 g/mol. The zero-order valence-corrected chi connectivity index (χ0v) is 23.6. The Kier molecular flexibility index (Phi) is 12.1. The topological polar surface area (TPSA) is 96.9 Å². The molecule has 2 aromatic carbocycles. The molecule has 38 heavy (non-hydrogen) atoms. The monoisotopic (exact) mass is 542 g/mol. The molecule has 3 N–H and O–H groups in total. The van der Waals surface area contributed by atoms with Crippen LogP contribution < -0.4 is 15.4 Å². The first-order chi connectivity index (χ1) is 18.4. The summed E-state index contributed by atoms with van der Waals surface area (Å²) in [5.74, 6) is 2.22. The van der Waals surface area contributed by atoms with Gasteiger partial charge in [0.25, 0.3) is 5.91 Å². The number of aromatic hydroxyl groups is 1. The Hall–Kier alpha value is -2.87. The average Bonchev–Trinajstić information content (AvgIpc) is 2.93. The van der Waals surface area contributed by atoms with E-state index < -0.39 is 6.09 Å². The number of alkyl carbamates (subject to hydrolysis) is 1. The van der Waals surface area contributed by atoms with Crippen LogP contribution in [0, 0.1) is 11.8 Å². The van der Waals surface area contributed by atoms with Gasteiger partial charge in [0.2, 0.25) is 0 Å². The van der Waals surface area contributed by atoms with Gasteiger partial charge in [-0.1, -0.05) is 57.4 Å². The normalized spacial score (nSPS) is 15.5. The predicted molar refractivity (Wildman–Crippen MR) is 153 cm³/mol. The fraction of sp³-hybridized carbons (Fsp3) is 0.533. The van der Waals surface area contributed by atoms with E-state index in [0.29, 0.717) is 18.9 Å². The van der Waals surface area contributed by atoms with Gasteiger partial charge in [0.1, 0.15) is 11.5 Å². The number of para-hydroxylation sites is 1. The lowest BCUT2D eigenvalue weighted by molar-refractivity contribution is 0.0941. The minimum Gasteiger partial charge on any atom is -0.507 e. The number of ether oxygens (including phenoxy) is 2. The van der Waals surface area contributed by atoms with Gasteiger partial charge in [0, 0.05) is 11.8 Å². The summed E-state index contributed by atoms with van der Waals surface area (Å²) in [7, 11) is 1.65. The number of nitrogens with one attached hydrogen (secondary N) is 2. The molecule has 1 aliphatic rings. The molecule has 2 atom stereocenters. The van der Waals surface area contributed by atoms with E-state index in [1.807, 2.05) is 49.9 Å². The van der Waals surface area contributed by atoms with E-state index in [1.54, 1.807) is 25.3 Å². The highest BCUT2D eigenvalue weighted by Crippen LogP contribution is 2.31. The Labute approximate surface area is 231 Å². The number of carbonyl (C=O) groups is 2. The van der Waals surface area contributed by atoms with Gasteiger partial charge in [-0.05, 0) is 66.7 Å². The molecule has 7 nitrogen and oxygen atoms in total. The molecule has 0 saturated heterocycles. The lowest BCUT2D eigenvalue weighted by Gasteiger charge is -2.30. The van der Waals surface area contributed by atoms with Crippen molar-refractivity contribution in [2.75, 3.05) is 26.0 Å². The first kappa shape index (κ1) is 29.7. The summed E-state index contributed by atoms with van der Waals surface area (Å²) in [6.45, 7) is 4.51. The Morgan fingerprint density at radius 1 is 1.05 bits per heavy atom. The number of phenolic OH excluding ortho intramolecular Hbond substituents is 1. The zero-order valence-electron chi connectivity index (χ0n) is 22.8. The van der Waals surface area contributed by atoms with E-state index in [4.69, 9.17) is 9.47 Å². The van der Waals surface area contributed by atoms with Gasteiger partial charge >= 0.3 is 6.09 Å². The number of hydrogen-bond donors (Lipinski definition) is 3. The number of methoxy groups -OCH3 is 1. The quantitative estimate of drug-likeness (QED) is 0.296. The summed E-state index contributed by atoms with van der Waals surface area (Å²) in [5.41, 5.74) is 1.33. The maximum absolute atomic E-state index is 12.9.